The lowest BCUT2D eigenvalue weighted by Gasteiger charge is -2.32. The van der Waals surface area contributed by atoms with Gasteiger partial charge < -0.3 is 18.9 Å². The monoisotopic (exact) mass is 366 g/mol. The van der Waals surface area contributed by atoms with E-state index in [9.17, 15) is 4.79 Å². The molecule has 4 rings (SSSR count). The van der Waals surface area contributed by atoms with E-state index in [2.05, 4.69) is 0 Å². The Morgan fingerprint density at radius 2 is 1.85 bits per heavy atom. The number of carbonyl (C=O) groups is 1. The number of ketones is 1. The van der Waals surface area contributed by atoms with E-state index in [1.807, 2.05) is 50.3 Å². The Labute approximate surface area is 158 Å². The summed E-state index contributed by atoms with van der Waals surface area (Å²) in [4.78, 5) is 12.8. The molecule has 0 radical (unpaired) electrons. The van der Waals surface area contributed by atoms with Gasteiger partial charge in [0.1, 0.15) is 23.2 Å². The summed E-state index contributed by atoms with van der Waals surface area (Å²) in [6, 6.07) is 9.21. The molecular formula is C22H22O5. The second kappa shape index (κ2) is 6.34. The zero-order chi connectivity index (χ0) is 19.2. The lowest BCUT2D eigenvalue weighted by atomic mass is 9.92. The maximum atomic E-state index is 12.8. The molecule has 0 fully saturated rings. The van der Waals surface area contributed by atoms with E-state index in [4.69, 9.17) is 18.9 Å². The maximum absolute atomic E-state index is 12.8. The zero-order valence-electron chi connectivity index (χ0n) is 15.9. The number of fused-ring (bicyclic) bond motifs is 3. The number of benzene rings is 2. The van der Waals surface area contributed by atoms with E-state index in [1.165, 1.54) is 0 Å². The molecule has 0 unspecified atom stereocenters. The molecule has 5 nitrogen and oxygen atoms in total. The summed E-state index contributed by atoms with van der Waals surface area (Å²) in [6.45, 7) is 3.98. The van der Waals surface area contributed by atoms with Gasteiger partial charge >= 0.3 is 0 Å². The van der Waals surface area contributed by atoms with Crippen LogP contribution in [0.4, 0.5) is 0 Å². The van der Waals surface area contributed by atoms with E-state index in [1.54, 1.807) is 20.3 Å². The Morgan fingerprint density at radius 1 is 1.07 bits per heavy atom. The number of hydrogen-bond acceptors (Lipinski definition) is 5. The molecule has 0 amide bonds. The highest BCUT2D eigenvalue weighted by Gasteiger charge is 2.33. The summed E-state index contributed by atoms with van der Waals surface area (Å²) in [6.07, 6.45) is 3.84. The molecule has 27 heavy (non-hydrogen) atoms. The number of rotatable bonds is 3. The third-order valence-electron chi connectivity index (χ3n) is 4.89. The van der Waals surface area contributed by atoms with Crippen LogP contribution in [0.5, 0.6) is 23.0 Å². The lowest BCUT2D eigenvalue weighted by Crippen LogP contribution is -2.28. The normalized spacial score (nSPS) is 19.4. The summed E-state index contributed by atoms with van der Waals surface area (Å²) < 4.78 is 23.0. The van der Waals surface area contributed by atoms with Crippen LogP contribution in [-0.2, 0) is 0 Å². The van der Waals surface area contributed by atoms with Crippen LogP contribution in [0.2, 0.25) is 0 Å². The van der Waals surface area contributed by atoms with Crippen molar-refractivity contribution in [2.75, 3.05) is 14.2 Å². The topological polar surface area (TPSA) is 54.0 Å². The fraction of sp³-hybridized carbons (Fsp3) is 0.318. The first-order chi connectivity index (χ1) is 12.9. The van der Waals surface area contributed by atoms with Gasteiger partial charge in [-0.1, -0.05) is 6.07 Å². The van der Waals surface area contributed by atoms with Gasteiger partial charge in [0.25, 0.3) is 0 Å². The molecule has 0 spiro atoms. The van der Waals surface area contributed by atoms with Gasteiger partial charge in [-0.25, -0.2) is 0 Å². The van der Waals surface area contributed by atoms with Crippen LogP contribution in [0, 0.1) is 0 Å². The quantitative estimate of drug-likeness (QED) is 0.795. The van der Waals surface area contributed by atoms with Crippen LogP contribution in [0.25, 0.3) is 6.08 Å². The predicted molar refractivity (Wildman–Crippen MR) is 102 cm³/mol. The third-order valence-corrected chi connectivity index (χ3v) is 4.89. The fourth-order valence-electron chi connectivity index (χ4n) is 3.48. The van der Waals surface area contributed by atoms with Crippen molar-refractivity contribution in [2.45, 2.75) is 32.0 Å². The van der Waals surface area contributed by atoms with Gasteiger partial charge in [0.15, 0.2) is 17.3 Å². The number of ether oxygens (including phenoxy) is 4. The molecule has 0 N–H and O–H groups in total. The molecule has 0 aromatic heterocycles. The van der Waals surface area contributed by atoms with Gasteiger partial charge in [-0.2, -0.15) is 0 Å². The summed E-state index contributed by atoms with van der Waals surface area (Å²) in [5.41, 5.74) is 1.89. The minimum absolute atomic E-state index is 0.0528. The molecule has 2 aromatic carbocycles. The molecule has 2 heterocycles. The first-order valence-electron chi connectivity index (χ1n) is 8.89. The van der Waals surface area contributed by atoms with Crippen molar-refractivity contribution in [1.82, 2.24) is 0 Å². The van der Waals surface area contributed by atoms with Gasteiger partial charge in [0.2, 0.25) is 0 Å². The second-order valence-electron chi connectivity index (χ2n) is 7.24. The van der Waals surface area contributed by atoms with Crippen molar-refractivity contribution < 1.29 is 23.7 Å². The van der Waals surface area contributed by atoms with Gasteiger partial charge in [-0.05, 0) is 55.8 Å². The highest BCUT2D eigenvalue weighted by atomic mass is 16.5. The van der Waals surface area contributed by atoms with Crippen molar-refractivity contribution >= 4 is 11.9 Å². The summed E-state index contributed by atoms with van der Waals surface area (Å²) in [5, 5.41) is 0. The molecule has 0 bridgehead atoms. The molecule has 0 aliphatic carbocycles. The molecule has 0 saturated heterocycles. The number of methoxy groups -OCH3 is 2. The Balaban J connectivity index is 1.74. The van der Waals surface area contributed by atoms with Crippen LogP contribution >= 0.6 is 0 Å². The maximum Gasteiger partial charge on any atom is 0.170 e. The Hall–Kier alpha value is -2.95. The summed E-state index contributed by atoms with van der Waals surface area (Å²) in [7, 11) is 3.18. The molecule has 140 valence electrons. The Kier molecular flexibility index (Phi) is 4.10. The van der Waals surface area contributed by atoms with E-state index in [-0.39, 0.29) is 23.9 Å². The van der Waals surface area contributed by atoms with Gasteiger partial charge in [-0.15, -0.1) is 0 Å². The van der Waals surface area contributed by atoms with Crippen molar-refractivity contribution in [3.8, 4) is 23.0 Å². The standard InChI is InChI=1S/C22H22O5/c1-22(2)10-9-15-17(27-22)8-6-14-16(23)12-19(26-21(14)15)13-5-7-18(24-3)20(11-13)25-4/h5-11,19H,12H2,1-4H3/t19-/m0/s1. The molecular weight excluding hydrogens is 344 g/mol. The molecule has 1 atom stereocenters. The highest BCUT2D eigenvalue weighted by molar-refractivity contribution is 6.01. The van der Waals surface area contributed by atoms with Crippen molar-refractivity contribution in [3.05, 3.63) is 53.1 Å². The smallest absolute Gasteiger partial charge is 0.170 e. The average Bonchev–Trinajstić information content (AvgIpc) is 2.66. The number of carbonyl (C=O) groups excluding carboxylic acids is 1. The molecule has 5 heteroatoms. The first-order valence-corrected chi connectivity index (χ1v) is 8.89. The zero-order valence-corrected chi connectivity index (χ0v) is 15.9. The third kappa shape index (κ3) is 3.03. The van der Waals surface area contributed by atoms with Crippen LogP contribution in [0.15, 0.2) is 36.4 Å². The van der Waals surface area contributed by atoms with Crippen molar-refractivity contribution in [3.63, 3.8) is 0 Å². The Bertz CT molecular complexity index is 942. The number of Topliss-reactive ketones (excluding diaryl/α,β-unsaturated/α-hetero) is 1. The van der Waals surface area contributed by atoms with Crippen LogP contribution in [0.1, 0.15) is 47.9 Å². The number of hydrogen-bond donors (Lipinski definition) is 0. The van der Waals surface area contributed by atoms with E-state index < -0.39 is 0 Å². The largest absolute Gasteiger partial charge is 0.493 e. The van der Waals surface area contributed by atoms with Gasteiger partial charge in [0, 0.05) is 0 Å². The molecule has 2 aliphatic rings. The lowest BCUT2D eigenvalue weighted by molar-refractivity contribution is 0.0846. The van der Waals surface area contributed by atoms with Gasteiger partial charge in [-0.3, -0.25) is 4.79 Å². The second-order valence-corrected chi connectivity index (χ2v) is 7.24. The predicted octanol–water partition coefficient (Wildman–Crippen LogP) is 4.59. The van der Waals surface area contributed by atoms with Crippen molar-refractivity contribution in [1.29, 1.82) is 0 Å². The average molecular weight is 366 g/mol. The minimum Gasteiger partial charge on any atom is -0.493 e. The molecule has 0 saturated carbocycles. The fourth-order valence-corrected chi connectivity index (χ4v) is 3.48. The van der Waals surface area contributed by atoms with E-state index in [0.29, 0.717) is 22.8 Å². The van der Waals surface area contributed by atoms with E-state index in [0.717, 1.165) is 16.9 Å². The first kappa shape index (κ1) is 17.5. The van der Waals surface area contributed by atoms with E-state index >= 15 is 0 Å². The van der Waals surface area contributed by atoms with Crippen LogP contribution in [-0.4, -0.2) is 25.6 Å². The molecule has 2 aromatic rings. The molecule has 2 aliphatic heterocycles. The van der Waals surface area contributed by atoms with Crippen molar-refractivity contribution in [2.24, 2.45) is 0 Å². The van der Waals surface area contributed by atoms with Crippen LogP contribution in [0.3, 0.4) is 0 Å². The SMILES string of the molecule is COc1ccc([C@@H]2CC(=O)c3ccc4c(c3O2)C=CC(C)(C)O4)cc1OC. The summed E-state index contributed by atoms with van der Waals surface area (Å²) in [5.74, 6) is 2.60. The van der Waals surface area contributed by atoms with Crippen LogP contribution < -0.4 is 18.9 Å². The highest BCUT2D eigenvalue weighted by Crippen LogP contribution is 2.45. The van der Waals surface area contributed by atoms with Gasteiger partial charge in [0.05, 0.1) is 31.8 Å². The summed E-state index contributed by atoms with van der Waals surface area (Å²) >= 11 is 0. The Morgan fingerprint density at radius 3 is 2.59 bits per heavy atom. The minimum atomic E-state index is -0.389.